The zero-order valence-corrected chi connectivity index (χ0v) is 12.1. The molecule has 2 aromatic rings. The molecule has 0 spiro atoms. The fourth-order valence-corrected chi connectivity index (χ4v) is 2.09. The minimum Gasteiger partial charge on any atom is -0.376 e. The number of nitrogens with one attached hydrogen (secondary N) is 2. The van der Waals surface area contributed by atoms with Gasteiger partial charge >= 0.3 is 0 Å². The van der Waals surface area contributed by atoms with E-state index in [-0.39, 0.29) is 12.5 Å². The van der Waals surface area contributed by atoms with Gasteiger partial charge in [-0.15, -0.1) is 0 Å². The van der Waals surface area contributed by atoms with E-state index >= 15 is 0 Å². The second-order valence-electron chi connectivity index (χ2n) is 4.97. The lowest BCUT2D eigenvalue weighted by Crippen LogP contribution is -2.21. The Morgan fingerprint density at radius 2 is 1.67 bits per heavy atom. The van der Waals surface area contributed by atoms with Crippen LogP contribution in [0.25, 0.3) is 0 Å². The Bertz CT molecular complexity index is 664. The monoisotopic (exact) mass is 279 g/mol. The summed E-state index contributed by atoms with van der Waals surface area (Å²) in [5.74, 6) is -0.126. The summed E-state index contributed by atoms with van der Waals surface area (Å²) < 4.78 is 0. The molecule has 4 heteroatoms. The second kappa shape index (κ2) is 6.58. The summed E-state index contributed by atoms with van der Waals surface area (Å²) in [5.41, 5.74) is 4.50. The Hall–Kier alpha value is -2.80. The summed E-state index contributed by atoms with van der Waals surface area (Å²) in [6.45, 7) is 4.24. The van der Waals surface area contributed by atoms with E-state index in [1.165, 1.54) is 0 Å². The molecule has 0 fully saturated rings. The van der Waals surface area contributed by atoms with Crippen LogP contribution in [0.15, 0.2) is 42.5 Å². The van der Waals surface area contributed by atoms with Crippen LogP contribution >= 0.6 is 0 Å². The van der Waals surface area contributed by atoms with E-state index in [0.29, 0.717) is 11.3 Å². The first-order valence-corrected chi connectivity index (χ1v) is 6.69. The Balaban J connectivity index is 1.91. The average Bonchev–Trinajstić information content (AvgIpc) is 2.45. The van der Waals surface area contributed by atoms with Gasteiger partial charge in [0.1, 0.15) is 0 Å². The number of carbonyl (C=O) groups is 1. The number of anilines is 2. The van der Waals surface area contributed by atoms with Gasteiger partial charge < -0.3 is 10.6 Å². The summed E-state index contributed by atoms with van der Waals surface area (Å²) in [6.07, 6.45) is 0. The molecule has 2 N–H and O–H groups in total. The molecule has 0 aliphatic heterocycles. The Morgan fingerprint density at radius 1 is 1.05 bits per heavy atom. The smallest absolute Gasteiger partial charge is 0.243 e. The zero-order valence-electron chi connectivity index (χ0n) is 12.1. The molecule has 0 radical (unpaired) electrons. The van der Waals surface area contributed by atoms with Crippen LogP contribution in [0.2, 0.25) is 0 Å². The molecule has 2 aromatic carbocycles. The molecule has 0 saturated heterocycles. The fourth-order valence-electron chi connectivity index (χ4n) is 2.09. The van der Waals surface area contributed by atoms with Crippen molar-refractivity contribution in [3.63, 3.8) is 0 Å². The SMILES string of the molecule is Cc1cc(C)cc(NCC(=O)Nc2ccc(C#N)cc2)c1. The number of hydrogen-bond acceptors (Lipinski definition) is 3. The van der Waals surface area contributed by atoms with Gasteiger partial charge in [0.05, 0.1) is 18.2 Å². The molecule has 0 atom stereocenters. The van der Waals surface area contributed by atoms with Crippen molar-refractivity contribution in [2.75, 3.05) is 17.2 Å². The van der Waals surface area contributed by atoms with Crippen molar-refractivity contribution in [1.82, 2.24) is 0 Å². The lowest BCUT2D eigenvalue weighted by atomic mass is 10.1. The lowest BCUT2D eigenvalue weighted by Gasteiger charge is -2.09. The Kier molecular flexibility index (Phi) is 4.57. The van der Waals surface area contributed by atoms with Crippen LogP contribution in [-0.4, -0.2) is 12.5 Å². The Labute approximate surface area is 124 Å². The highest BCUT2D eigenvalue weighted by atomic mass is 16.1. The van der Waals surface area contributed by atoms with Gasteiger partial charge in [-0.1, -0.05) is 6.07 Å². The summed E-state index contributed by atoms with van der Waals surface area (Å²) in [5, 5.41) is 14.6. The highest BCUT2D eigenvalue weighted by Crippen LogP contribution is 2.13. The quantitative estimate of drug-likeness (QED) is 0.903. The third-order valence-electron chi connectivity index (χ3n) is 2.97. The van der Waals surface area contributed by atoms with E-state index in [2.05, 4.69) is 16.7 Å². The highest BCUT2D eigenvalue weighted by molar-refractivity contribution is 5.93. The molecule has 4 nitrogen and oxygen atoms in total. The van der Waals surface area contributed by atoms with Crippen LogP contribution < -0.4 is 10.6 Å². The molecule has 0 saturated carbocycles. The number of nitriles is 1. The van der Waals surface area contributed by atoms with Crippen LogP contribution in [0.4, 0.5) is 11.4 Å². The highest BCUT2D eigenvalue weighted by Gasteiger charge is 2.03. The molecule has 106 valence electrons. The topological polar surface area (TPSA) is 64.9 Å². The minimum atomic E-state index is -0.126. The van der Waals surface area contributed by atoms with Gasteiger partial charge in [-0.2, -0.15) is 5.26 Å². The molecule has 0 aliphatic rings. The lowest BCUT2D eigenvalue weighted by molar-refractivity contribution is -0.114. The van der Waals surface area contributed by atoms with E-state index in [4.69, 9.17) is 5.26 Å². The molecule has 0 heterocycles. The maximum atomic E-state index is 11.9. The van der Waals surface area contributed by atoms with Crippen LogP contribution in [0.1, 0.15) is 16.7 Å². The number of nitrogens with zero attached hydrogens (tertiary/aromatic N) is 1. The van der Waals surface area contributed by atoms with E-state index in [9.17, 15) is 4.79 Å². The number of carbonyl (C=O) groups excluding carboxylic acids is 1. The summed E-state index contributed by atoms with van der Waals surface area (Å²) >= 11 is 0. The number of benzene rings is 2. The van der Waals surface area contributed by atoms with Gasteiger partial charge in [-0.3, -0.25) is 4.79 Å². The predicted octanol–water partition coefficient (Wildman–Crippen LogP) is 3.23. The van der Waals surface area contributed by atoms with E-state index in [0.717, 1.165) is 16.8 Å². The standard InChI is InChI=1S/C17H17N3O/c1-12-7-13(2)9-16(8-12)19-11-17(21)20-15-5-3-14(10-18)4-6-15/h3-9,19H,11H2,1-2H3,(H,20,21). The first-order valence-electron chi connectivity index (χ1n) is 6.69. The number of amides is 1. The van der Waals surface area contributed by atoms with E-state index in [1.807, 2.05) is 32.0 Å². The molecular formula is C17H17N3O. The van der Waals surface area contributed by atoms with Gasteiger partial charge in [0.2, 0.25) is 5.91 Å². The molecule has 21 heavy (non-hydrogen) atoms. The van der Waals surface area contributed by atoms with Crippen LogP contribution in [0, 0.1) is 25.2 Å². The van der Waals surface area contributed by atoms with Crippen molar-refractivity contribution in [2.45, 2.75) is 13.8 Å². The molecule has 0 aliphatic carbocycles. The molecule has 0 bridgehead atoms. The summed E-state index contributed by atoms with van der Waals surface area (Å²) in [4.78, 5) is 11.9. The minimum absolute atomic E-state index is 0.126. The molecule has 1 amide bonds. The van der Waals surface area contributed by atoms with Gasteiger partial charge in [0.15, 0.2) is 0 Å². The van der Waals surface area contributed by atoms with Crippen LogP contribution in [0.3, 0.4) is 0 Å². The van der Waals surface area contributed by atoms with Gasteiger partial charge in [0, 0.05) is 11.4 Å². The molecule has 2 rings (SSSR count). The average molecular weight is 279 g/mol. The van der Waals surface area contributed by atoms with Crippen molar-refractivity contribution in [3.05, 3.63) is 59.2 Å². The zero-order chi connectivity index (χ0) is 15.2. The molecule has 0 unspecified atom stereocenters. The van der Waals surface area contributed by atoms with E-state index < -0.39 is 0 Å². The molecule has 0 aromatic heterocycles. The molecular weight excluding hydrogens is 262 g/mol. The predicted molar refractivity (Wildman–Crippen MR) is 84.2 cm³/mol. The van der Waals surface area contributed by atoms with Crippen molar-refractivity contribution < 1.29 is 4.79 Å². The maximum Gasteiger partial charge on any atom is 0.243 e. The van der Waals surface area contributed by atoms with E-state index in [1.54, 1.807) is 24.3 Å². The Morgan fingerprint density at radius 3 is 2.24 bits per heavy atom. The normalized spacial score (nSPS) is 9.76. The third-order valence-corrected chi connectivity index (χ3v) is 2.97. The number of rotatable bonds is 4. The van der Waals surface area contributed by atoms with Crippen LogP contribution in [-0.2, 0) is 4.79 Å². The largest absolute Gasteiger partial charge is 0.376 e. The van der Waals surface area contributed by atoms with Crippen molar-refractivity contribution in [2.24, 2.45) is 0 Å². The fraction of sp³-hybridized carbons (Fsp3) is 0.176. The second-order valence-corrected chi connectivity index (χ2v) is 4.97. The van der Waals surface area contributed by atoms with Crippen molar-refractivity contribution in [3.8, 4) is 6.07 Å². The van der Waals surface area contributed by atoms with Gasteiger partial charge in [-0.25, -0.2) is 0 Å². The maximum absolute atomic E-state index is 11.9. The van der Waals surface area contributed by atoms with Gasteiger partial charge in [-0.05, 0) is 61.4 Å². The van der Waals surface area contributed by atoms with Crippen LogP contribution in [0.5, 0.6) is 0 Å². The summed E-state index contributed by atoms with van der Waals surface area (Å²) in [7, 11) is 0. The van der Waals surface area contributed by atoms with Crippen molar-refractivity contribution in [1.29, 1.82) is 5.26 Å². The summed E-state index contributed by atoms with van der Waals surface area (Å²) in [6, 6.07) is 14.9. The number of hydrogen-bond donors (Lipinski definition) is 2. The van der Waals surface area contributed by atoms with Crippen molar-refractivity contribution >= 4 is 17.3 Å². The first-order chi connectivity index (χ1) is 10.1. The third kappa shape index (κ3) is 4.36. The van der Waals surface area contributed by atoms with Gasteiger partial charge in [0.25, 0.3) is 0 Å². The number of aryl methyl sites for hydroxylation is 2. The first kappa shape index (κ1) is 14.6.